The maximum atomic E-state index is 12.3. The van der Waals surface area contributed by atoms with Crippen molar-refractivity contribution in [1.82, 2.24) is 0 Å². The van der Waals surface area contributed by atoms with Crippen molar-refractivity contribution in [1.29, 1.82) is 5.26 Å². The van der Waals surface area contributed by atoms with Crippen LogP contribution in [0.3, 0.4) is 0 Å². The van der Waals surface area contributed by atoms with Gasteiger partial charge >= 0.3 is 0 Å². The van der Waals surface area contributed by atoms with Crippen molar-refractivity contribution in [2.75, 3.05) is 10.6 Å². The number of carbonyl (C=O) groups excluding carboxylic acids is 2. The van der Waals surface area contributed by atoms with Crippen LogP contribution in [0, 0.1) is 38.0 Å². The fraction of sp³-hybridized carbons (Fsp3) is 0.320. The van der Waals surface area contributed by atoms with E-state index in [0.717, 1.165) is 16.7 Å². The van der Waals surface area contributed by atoms with Gasteiger partial charge in [0, 0.05) is 11.4 Å². The zero-order valence-corrected chi connectivity index (χ0v) is 19.3. The van der Waals surface area contributed by atoms with Crippen molar-refractivity contribution in [3.05, 3.63) is 72.3 Å². The molecule has 0 aliphatic heterocycles. The van der Waals surface area contributed by atoms with Gasteiger partial charge in [0.25, 0.3) is 11.8 Å². The summed E-state index contributed by atoms with van der Waals surface area (Å²) in [4.78, 5) is 24.5. The molecule has 0 radical (unpaired) electrons. The van der Waals surface area contributed by atoms with Crippen LogP contribution in [-0.4, -0.2) is 11.8 Å². The first kappa shape index (κ1) is 28.8. The Morgan fingerprint density at radius 2 is 1.23 bits per heavy atom. The van der Waals surface area contributed by atoms with Gasteiger partial charge in [-0.15, -0.1) is 13.2 Å². The summed E-state index contributed by atoms with van der Waals surface area (Å²) >= 11 is 0. The van der Waals surface area contributed by atoms with Crippen molar-refractivity contribution >= 4 is 23.2 Å². The lowest BCUT2D eigenvalue weighted by atomic mass is 10.1. The molecule has 1 atom stereocenters. The second kappa shape index (κ2) is 16.6. The van der Waals surface area contributed by atoms with Crippen LogP contribution in [0.5, 0.6) is 0 Å². The van der Waals surface area contributed by atoms with Gasteiger partial charge in [-0.3, -0.25) is 9.59 Å². The molecule has 2 aromatic rings. The maximum Gasteiger partial charge on any atom is 0.251 e. The SMILES string of the molecule is C=C.CC.CC.Cc1cccc(NC(=O)C(C#N)C(=O)Nc2cc(C)cc(C)c2)c1. The number of aryl methyl sites for hydroxylation is 3. The molecular weight excluding hydrogens is 374 g/mol. The van der Waals surface area contributed by atoms with Crippen LogP contribution >= 0.6 is 0 Å². The van der Waals surface area contributed by atoms with Crippen LogP contribution in [0.1, 0.15) is 44.4 Å². The molecule has 2 N–H and O–H groups in total. The highest BCUT2D eigenvalue weighted by atomic mass is 16.2. The van der Waals surface area contributed by atoms with Gasteiger partial charge in [0.05, 0.1) is 6.07 Å². The van der Waals surface area contributed by atoms with Crippen molar-refractivity contribution < 1.29 is 9.59 Å². The van der Waals surface area contributed by atoms with Gasteiger partial charge in [-0.2, -0.15) is 5.26 Å². The highest BCUT2D eigenvalue weighted by molar-refractivity contribution is 6.12. The number of carbonyl (C=O) groups is 2. The van der Waals surface area contributed by atoms with Crippen LogP contribution in [0.15, 0.2) is 55.6 Å². The zero-order chi connectivity index (χ0) is 23.7. The van der Waals surface area contributed by atoms with Gasteiger partial charge in [-0.05, 0) is 61.7 Å². The summed E-state index contributed by atoms with van der Waals surface area (Å²) in [7, 11) is 0. The summed E-state index contributed by atoms with van der Waals surface area (Å²) < 4.78 is 0. The third-order valence-electron chi connectivity index (χ3n) is 3.43. The van der Waals surface area contributed by atoms with Gasteiger partial charge < -0.3 is 10.6 Å². The van der Waals surface area contributed by atoms with Gasteiger partial charge in [-0.25, -0.2) is 0 Å². The lowest BCUT2D eigenvalue weighted by Crippen LogP contribution is -2.32. The molecule has 2 rings (SSSR count). The molecule has 0 aliphatic rings. The number of anilines is 2. The Morgan fingerprint density at radius 1 is 0.800 bits per heavy atom. The fourth-order valence-electron chi connectivity index (χ4n) is 2.43. The Bertz CT molecular complexity index is 818. The minimum absolute atomic E-state index is 0.555. The van der Waals surface area contributed by atoms with Gasteiger partial charge in [0.15, 0.2) is 0 Å². The van der Waals surface area contributed by atoms with Gasteiger partial charge in [0.2, 0.25) is 5.92 Å². The van der Waals surface area contributed by atoms with E-state index in [1.807, 2.05) is 60.6 Å². The topological polar surface area (TPSA) is 82.0 Å². The largest absolute Gasteiger partial charge is 0.324 e. The van der Waals surface area contributed by atoms with Crippen LogP contribution in [0.2, 0.25) is 0 Å². The quantitative estimate of drug-likeness (QED) is 0.467. The predicted octanol–water partition coefficient (Wildman–Crippen LogP) is 6.18. The zero-order valence-electron chi connectivity index (χ0n) is 19.3. The van der Waals surface area contributed by atoms with Crippen molar-refractivity contribution in [3.63, 3.8) is 0 Å². The number of amides is 2. The number of hydrogen-bond donors (Lipinski definition) is 2. The number of hydrogen-bond acceptors (Lipinski definition) is 3. The number of benzene rings is 2. The lowest BCUT2D eigenvalue weighted by molar-refractivity contribution is -0.127. The van der Waals surface area contributed by atoms with Gasteiger partial charge in [0.1, 0.15) is 0 Å². The molecule has 1 unspecified atom stereocenters. The highest BCUT2D eigenvalue weighted by Gasteiger charge is 2.26. The lowest BCUT2D eigenvalue weighted by Gasteiger charge is -2.12. The predicted molar refractivity (Wildman–Crippen MR) is 127 cm³/mol. The average Bonchev–Trinajstić information content (AvgIpc) is 2.72. The molecule has 0 bridgehead atoms. The highest BCUT2D eigenvalue weighted by Crippen LogP contribution is 2.16. The van der Waals surface area contributed by atoms with E-state index in [4.69, 9.17) is 0 Å². The summed E-state index contributed by atoms with van der Waals surface area (Å²) in [6, 6.07) is 14.5. The van der Waals surface area contributed by atoms with Crippen molar-refractivity contribution in [2.45, 2.75) is 48.5 Å². The molecule has 2 aromatic carbocycles. The molecule has 0 aromatic heterocycles. The Kier molecular flexibility index (Phi) is 15.9. The average molecular weight is 410 g/mol. The molecule has 30 heavy (non-hydrogen) atoms. The smallest absolute Gasteiger partial charge is 0.251 e. The summed E-state index contributed by atoms with van der Waals surface area (Å²) in [5.74, 6) is -2.72. The first-order valence-electron chi connectivity index (χ1n) is 10.1. The monoisotopic (exact) mass is 409 g/mol. The second-order valence-corrected chi connectivity index (χ2v) is 5.79. The van der Waals surface area contributed by atoms with E-state index in [1.54, 1.807) is 36.4 Å². The van der Waals surface area contributed by atoms with Crippen molar-refractivity contribution in [2.24, 2.45) is 5.92 Å². The standard InChI is InChI=1S/C19H19N3O2.2C2H6.C2H4/c1-12-5-4-6-15(8-12)21-18(23)17(11-20)19(24)22-16-9-13(2)7-14(3)10-16;3*1-2/h4-10,17H,1-3H3,(H,21,23)(H,22,24);2*1-2H3;1-2H2. The Hall–Kier alpha value is -3.39. The Morgan fingerprint density at radius 3 is 1.67 bits per heavy atom. The third-order valence-corrected chi connectivity index (χ3v) is 3.43. The number of nitriles is 1. The van der Waals surface area contributed by atoms with E-state index in [1.165, 1.54) is 0 Å². The Labute approximate surface area is 181 Å². The maximum absolute atomic E-state index is 12.3. The number of nitrogens with one attached hydrogen (secondary N) is 2. The summed E-state index contributed by atoms with van der Waals surface area (Å²) in [6.07, 6.45) is 0. The van der Waals surface area contributed by atoms with Crippen LogP contribution in [0.25, 0.3) is 0 Å². The summed E-state index contributed by atoms with van der Waals surface area (Å²) in [5, 5.41) is 14.4. The van der Waals surface area contributed by atoms with Crippen LogP contribution in [0.4, 0.5) is 11.4 Å². The molecule has 0 spiro atoms. The molecule has 0 saturated heterocycles. The van der Waals surface area contributed by atoms with E-state index in [-0.39, 0.29) is 0 Å². The minimum atomic E-state index is -1.42. The first-order valence-corrected chi connectivity index (χ1v) is 10.1. The van der Waals surface area contributed by atoms with E-state index >= 15 is 0 Å². The third kappa shape index (κ3) is 10.2. The van der Waals surface area contributed by atoms with E-state index in [9.17, 15) is 14.9 Å². The fourth-order valence-corrected chi connectivity index (χ4v) is 2.43. The van der Waals surface area contributed by atoms with Crippen molar-refractivity contribution in [3.8, 4) is 6.07 Å². The molecular formula is C25H35N3O2. The normalized spacial score (nSPS) is 9.53. The molecule has 2 amide bonds. The second-order valence-electron chi connectivity index (χ2n) is 5.79. The molecule has 0 saturated carbocycles. The number of rotatable bonds is 4. The van der Waals surface area contributed by atoms with Crippen LogP contribution < -0.4 is 10.6 Å². The molecule has 162 valence electrons. The van der Waals surface area contributed by atoms with E-state index < -0.39 is 17.7 Å². The molecule has 0 heterocycles. The van der Waals surface area contributed by atoms with Crippen LogP contribution in [-0.2, 0) is 9.59 Å². The number of nitrogens with zero attached hydrogens (tertiary/aromatic N) is 1. The molecule has 0 aliphatic carbocycles. The molecule has 0 fully saturated rings. The van der Waals surface area contributed by atoms with E-state index in [2.05, 4.69) is 23.8 Å². The summed E-state index contributed by atoms with van der Waals surface area (Å²) in [6.45, 7) is 19.7. The van der Waals surface area contributed by atoms with Gasteiger partial charge in [-0.1, -0.05) is 45.9 Å². The minimum Gasteiger partial charge on any atom is -0.324 e. The molecule has 5 nitrogen and oxygen atoms in total. The first-order chi connectivity index (χ1) is 14.4. The summed E-state index contributed by atoms with van der Waals surface area (Å²) in [5.41, 5.74) is 4.08. The molecule has 5 heteroatoms. The van der Waals surface area contributed by atoms with E-state index in [0.29, 0.717) is 11.4 Å². The Balaban J connectivity index is 0.